The molecule has 0 spiro atoms. The summed E-state index contributed by atoms with van der Waals surface area (Å²) < 4.78 is 0. The van der Waals surface area contributed by atoms with Crippen molar-refractivity contribution < 1.29 is 4.79 Å². The highest BCUT2D eigenvalue weighted by Crippen LogP contribution is 2.18. The van der Waals surface area contributed by atoms with Crippen LogP contribution in [-0.2, 0) is 4.79 Å². The molecular weight excluding hydrogens is 262 g/mol. The molecule has 0 aromatic heterocycles. The fourth-order valence-electron chi connectivity index (χ4n) is 2.21. The Hall–Kier alpha value is -1.39. The van der Waals surface area contributed by atoms with E-state index in [1.807, 2.05) is 27.9 Å². The van der Waals surface area contributed by atoms with Gasteiger partial charge in [-0.05, 0) is 32.5 Å². The summed E-state index contributed by atoms with van der Waals surface area (Å²) in [7, 11) is 4.04. The van der Waals surface area contributed by atoms with E-state index in [0.29, 0.717) is 6.54 Å². The highest BCUT2D eigenvalue weighted by molar-refractivity contribution is 5.81. The van der Waals surface area contributed by atoms with Gasteiger partial charge in [-0.1, -0.05) is 50.1 Å². The van der Waals surface area contributed by atoms with Crippen LogP contribution in [0, 0.1) is 12.8 Å². The Morgan fingerprint density at radius 1 is 1.29 bits per heavy atom. The van der Waals surface area contributed by atoms with Crippen LogP contribution in [0.3, 0.4) is 0 Å². The number of nitrogens with two attached hydrogens (primary N) is 1. The van der Waals surface area contributed by atoms with Crippen molar-refractivity contribution in [3.63, 3.8) is 0 Å². The van der Waals surface area contributed by atoms with Gasteiger partial charge in [-0.2, -0.15) is 0 Å². The third-order valence-electron chi connectivity index (χ3n) is 4.11. The van der Waals surface area contributed by atoms with E-state index in [4.69, 9.17) is 5.73 Å². The van der Waals surface area contributed by atoms with Crippen LogP contribution >= 0.6 is 0 Å². The normalized spacial score (nSPS) is 15.6. The molecule has 3 N–H and O–H groups in total. The van der Waals surface area contributed by atoms with Gasteiger partial charge in [-0.3, -0.25) is 4.79 Å². The molecule has 0 bridgehead atoms. The molecule has 0 saturated carbocycles. The lowest BCUT2D eigenvalue weighted by Gasteiger charge is -2.26. The number of hydrogen-bond donors (Lipinski definition) is 2. The van der Waals surface area contributed by atoms with Gasteiger partial charge in [0.25, 0.3) is 0 Å². The van der Waals surface area contributed by atoms with Crippen molar-refractivity contribution in [1.29, 1.82) is 0 Å². The van der Waals surface area contributed by atoms with Gasteiger partial charge >= 0.3 is 0 Å². The van der Waals surface area contributed by atoms with Crippen LogP contribution in [0.5, 0.6) is 0 Å². The van der Waals surface area contributed by atoms with Gasteiger partial charge in [0.1, 0.15) is 0 Å². The summed E-state index contributed by atoms with van der Waals surface area (Å²) in [5.41, 5.74) is 8.40. The van der Waals surface area contributed by atoms with E-state index in [1.54, 1.807) is 0 Å². The second kappa shape index (κ2) is 8.15. The summed E-state index contributed by atoms with van der Waals surface area (Å²) in [5, 5.41) is 2.99. The summed E-state index contributed by atoms with van der Waals surface area (Å²) in [6.45, 7) is 6.70. The van der Waals surface area contributed by atoms with E-state index in [0.717, 1.165) is 6.42 Å². The zero-order valence-electron chi connectivity index (χ0n) is 13.9. The predicted octanol–water partition coefficient (Wildman–Crippen LogP) is 2.09. The average molecular weight is 291 g/mol. The van der Waals surface area contributed by atoms with E-state index in [-0.39, 0.29) is 17.9 Å². The Bertz CT molecular complexity index is 442. The Balaban J connectivity index is 2.68. The van der Waals surface area contributed by atoms with Crippen LogP contribution in [0.1, 0.15) is 37.4 Å². The van der Waals surface area contributed by atoms with Crippen molar-refractivity contribution in [2.75, 3.05) is 20.6 Å². The molecule has 0 heterocycles. The molecule has 118 valence electrons. The molecule has 1 aromatic rings. The molecule has 4 nitrogen and oxygen atoms in total. The summed E-state index contributed by atoms with van der Waals surface area (Å²) in [6.07, 6.45) is 0.906. The van der Waals surface area contributed by atoms with Crippen molar-refractivity contribution in [2.45, 2.75) is 39.3 Å². The topological polar surface area (TPSA) is 58.4 Å². The van der Waals surface area contributed by atoms with E-state index in [1.165, 1.54) is 11.1 Å². The number of rotatable bonds is 7. The molecule has 0 aliphatic heterocycles. The second-order valence-corrected chi connectivity index (χ2v) is 6.05. The van der Waals surface area contributed by atoms with Gasteiger partial charge in [0.2, 0.25) is 5.91 Å². The summed E-state index contributed by atoms with van der Waals surface area (Å²) >= 11 is 0. The monoisotopic (exact) mass is 291 g/mol. The zero-order chi connectivity index (χ0) is 16.0. The molecule has 0 aliphatic rings. The molecule has 1 rings (SSSR count). The third kappa shape index (κ3) is 5.14. The Morgan fingerprint density at radius 2 is 1.86 bits per heavy atom. The first kappa shape index (κ1) is 17.7. The number of benzene rings is 1. The summed E-state index contributed by atoms with van der Waals surface area (Å²) in [4.78, 5) is 14.2. The minimum Gasteiger partial charge on any atom is -0.353 e. The summed E-state index contributed by atoms with van der Waals surface area (Å²) in [5.74, 6) is 0.130. The van der Waals surface area contributed by atoms with Crippen LogP contribution in [0.2, 0.25) is 0 Å². The van der Waals surface area contributed by atoms with Gasteiger partial charge in [-0.25, -0.2) is 0 Å². The van der Waals surface area contributed by atoms with Gasteiger partial charge in [0.15, 0.2) is 0 Å². The molecule has 0 fully saturated rings. The molecule has 3 unspecified atom stereocenters. The van der Waals surface area contributed by atoms with Gasteiger partial charge in [-0.15, -0.1) is 0 Å². The first-order valence-electron chi connectivity index (χ1n) is 7.63. The fourth-order valence-corrected chi connectivity index (χ4v) is 2.21. The smallest absolute Gasteiger partial charge is 0.237 e. The SMILES string of the molecule is CCC(C)C(N)C(=O)NCC(c1ccc(C)cc1)N(C)C. The first-order chi connectivity index (χ1) is 9.86. The maximum atomic E-state index is 12.1. The highest BCUT2D eigenvalue weighted by Gasteiger charge is 2.21. The maximum absolute atomic E-state index is 12.1. The first-order valence-corrected chi connectivity index (χ1v) is 7.63. The minimum absolute atomic E-state index is 0.0664. The lowest BCUT2D eigenvalue weighted by atomic mass is 9.99. The number of hydrogen-bond acceptors (Lipinski definition) is 3. The number of nitrogens with one attached hydrogen (secondary N) is 1. The lowest BCUT2D eigenvalue weighted by Crippen LogP contribution is -2.46. The van der Waals surface area contributed by atoms with Crippen LogP contribution in [0.25, 0.3) is 0 Å². The number of carbonyl (C=O) groups is 1. The van der Waals surface area contributed by atoms with Crippen LogP contribution < -0.4 is 11.1 Å². The van der Waals surface area contributed by atoms with Crippen LogP contribution in [-0.4, -0.2) is 37.5 Å². The largest absolute Gasteiger partial charge is 0.353 e. The third-order valence-corrected chi connectivity index (χ3v) is 4.11. The lowest BCUT2D eigenvalue weighted by molar-refractivity contribution is -0.123. The van der Waals surface area contributed by atoms with Crippen LogP contribution in [0.15, 0.2) is 24.3 Å². The summed E-state index contributed by atoms with van der Waals surface area (Å²) in [6, 6.07) is 8.13. The molecule has 0 aliphatic carbocycles. The van der Waals surface area contributed by atoms with Crippen molar-refractivity contribution in [1.82, 2.24) is 10.2 Å². The Labute approximate surface area is 128 Å². The molecule has 3 atom stereocenters. The molecule has 1 aromatic carbocycles. The van der Waals surface area contributed by atoms with E-state index < -0.39 is 6.04 Å². The predicted molar refractivity (Wildman–Crippen MR) is 88.0 cm³/mol. The number of likely N-dealkylation sites (N-methyl/N-ethyl adjacent to an activating group) is 1. The minimum atomic E-state index is -0.434. The van der Waals surface area contributed by atoms with Gasteiger partial charge < -0.3 is 16.0 Å². The number of aryl methyl sites for hydroxylation is 1. The molecule has 21 heavy (non-hydrogen) atoms. The van der Waals surface area contributed by atoms with Gasteiger partial charge in [0.05, 0.1) is 12.1 Å². The van der Waals surface area contributed by atoms with E-state index >= 15 is 0 Å². The van der Waals surface area contributed by atoms with E-state index in [2.05, 4.69) is 41.4 Å². The van der Waals surface area contributed by atoms with Crippen molar-refractivity contribution in [3.05, 3.63) is 35.4 Å². The quantitative estimate of drug-likeness (QED) is 0.809. The molecule has 0 saturated heterocycles. The number of amides is 1. The fraction of sp³-hybridized carbons (Fsp3) is 0.588. The molecular formula is C17H29N3O. The zero-order valence-corrected chi connectivity index (χ0v) is 13.9. The van der Waals surface area contributed by atoms with Crippen molar-refractivity contribution >= 4 is 5.91 Å². The average Bonchev–Trinajstić information content (AvgIpc) is 2.47. The van der Waals surface area contributed by atoms with Gasteiger partial charge in [0, 0.05) is 6.54 Å². The van der Waals surface area contributed by atoms with Crippen molar-refractivity contribution in [2.24, 2.45) is 11.7 Å². The van der Waals surface area contributed by atoms with Crippen LogP contribution in [0.4, 0.5) is 0 Å². The number of nitrogens with zero attached hydrogens (tertiary/aromatic N) is 1. The maximum Gasteiger partial charge on any atom is 0.237 e. The standard InChI is InChI=1S/C17H29N3O/c1-6-13(3)16(18)17(21)19-11-15(20(4)5)14-9-7-12(2)8-10-14/h7-10,13,15-16H,6,11,18H2,1-5H3,(H,19,21). The molecule has 0 radical (unpaired) electrons. The Kier molecular flexibility index (Phi) is 6.85. The second-order valence-electron chi connectivity index (χ2n) is 6.05. The number of carbonyl (C=O) groups excluding carboxylic acids is 1. The molecule has 1 amide bonds. The van der Waals surface area contributed by atoms with E-state index in [9.17, 15) is 4.79 Å². The van der Waals surface area contributed by atoms with Crippen molar-refractivity contribution in [3.8, 4) is 0 Å². The Morgan fingerprint density at radius 3 is 2.33 bits per heavy atom. The highest BCUT2D eigenvalue weighted by atomic mass is 16.2. The molecule has 4 heteroatoms.